The quantitative estimate of drug-likeness (QED) is 0.526. The number of amides is 1. The van der Waals surface area contributed by atoms with Gasteiger partial charge in [0.2, 0.25) is 5.95 Å². The van der Waals surface area contributed by atoms with Crippen molar-refractivity contribution in [2.24, 2.45) is 0 Å². The number of carbonyl (C=O) groups is 1. The first-order valence-electron chi connectivity index (χ1n) is 11.1. The van der Waals surface area contributed by atoms with Crippen molar-refractivity contribution >= 4 is 40.5 Å². The predicted molar refractivity (Wildman–Crippen MR) is 121 cm³/mol. The van der Waals surface area contributed by atoms with Gasteiger partial charge in [-0.2, -0.15) is 9.97 Å². The van der Waals surface area contributed by atoms with Gasteiger partial charge in [-0.25, -0.2) is 19.3 Å². The summed E-state index contributed by atoms with van der Waals surface area (Å²) in [5.74, 6) is 1.74. The molecule has 0 aromatic carbocycles. The minimum Gasteiger partial charge on any atom is -0.378 e. The van der Waals surface area contributed by atoms with Crippen molar-refractivity contribution in [2.45, 2.75) is 31.6 Å². The molecule has 12 heteroatoms. The van der Waals surface area contributed by atoms with Crippen LogP contribution in [0, 0.1) is 0 Å². The number of anilines is 4. The first kappa shape index (κ1) is 20.1. The molecule has 5 heterocycles. The highest BCUT2D eigenvalue weighted by atomic mass is 16.5. The Hall–Kier alpha value is -3.51. The van der Waals surface area contributed by atoms with Gasteiger partial charge in [-0.1, -0.05) is 0 Å². The minimum atomic E-state index is -0.286. The van der Waals surface area contributed by atoms with Gasteiger partial charge in [-0.3, -0.25) is 0 Å². The lowest BCUT2D eigenvalue weighted by atomic mass is 9.89. The van der Waals surface area contributed by atoms with Crippen LogP contribution in [0.2, 0.25) is 0 Å². The Morgan fingerprint density at radius 1 is 1.15 bits per heavy atom. The zero-order valence-corrected chi connectivity index (χ0v) is 18.2. The van der Waals surface area contributed by atoms with Gasteiger partial charge in [0.1, 0.15) is 12.1 Å². The van der Waals surface area contributed by atoms with Crippen LogP contribution in [0.3, 0.4) is 0 Å². The second kappa shape index (κ2) is 8.12. The number of nitrogens with zero attached hydrogens (tertiary/aromatic N) is 6. The van der Waals surface area contributed by atoms with Crippen molar-refractivity contribution in [3.05, 3.63) is 24.2 Å². The van der Waals surface area contributed by atoms with E-state index in [0.29, 0.717) is 42.8 Å². The molecule has 2 fully saturated rings. The second-order valence-corrected chi connectivity index (χ2v) is 8.35. The molecule has 2 aliphatic heterocycles. The maximum atomic E-state index is 13.0. The molecular formula is C21H25N9O3. The maximum Gasteiger partial charge on any atom is 0.328 e. The summed E-state index contributed by atoms with van der Waals surface area (Å²) < 4.78 is 13.1. The second-order valence-electron chi connectivity index (χ2n) is 8.35. The van der Waals surface area contributed by atoms with E-state index in [1.807, 2.05) is 12.1 Å². The highest BCUT2D eigenvalue weighted by Gasteiger charge is 2.34. The maximum absolute atomic E-state index is 13.0. The molecule has 0 unspecified atom stereocenters. The average molecular weight is 451 g/mol. The van der Waals surface area contributed by atoms with E-state index in [9.17, 15) is 4.79 Å². The monoisotopic (exact) mass is 451 g/mol. The van der Waals surface area contributed by atoms with Gasteiger partial charge in [0.05, 0.1) is 37.7 Å². The standard InChI is InChI=1S/C21H25N9O3/c1-22-18-17-19-28-20(27-18)25-12-8-13(24-16(9-12)29-4-6-32-7-5-29)10-33-15-3-2-14(15)26-21(31)30(19)11-23-17/h8-9,11,14-15H,2-7,10H2,1H3,(H,26,31)(H2,22,25,27,28)/t14-,15-/m1/s1. The van der Waals surface area contributed by atoms with Crippen LogP contribution in [-0.2, 0) is 16.1 Å². The summed E-state index contributed by atoms with van der Waals surface area (Å²) >= 11 is 0. The number of fused-ring (bicyclic) bond motifs is 4. The number of hydrogen-bond donors (Lipinski definition) is 3. The van der Waals surface area contributed by atoms with Gasteiger partial charge in [0.15, 0.2) is 17.0 Å². The SMILES string of the molecule is CNc1nc2nc3c1ncn3C(=O)N[C@@H]1CC[C@H]1OCc1cc(cc(N3CCOCC3)n1)N2. The number of aromatic nitrogens is 5. The lowest BCUT2D eigenvalue weighted by molar-refractivity contribution is -0.0335. The average Bonchev–Trinajstić information content (AvgIpc) is 3.25. The van der Waals surface area contributed by atoms with Gasteiger partial charge >= 0.3 is 6.03 Å². The summed E-state index contributed by atoms with van der Waals surface area (Å²) in [5.41, 5.74) is 2.54. The van der Waals surface area contributed by atoms with E-state index in [2.05, 4.69) is 35.8 Å². The van der Waals surface area contributed by atoms with Gasteiger partial charge < -0.3 is 30.3 Å². The highest BCUT2D eigenvalue weighted by Crippen LogP contribution is 2.29. The Kier molecular flexibility index (Phi) is 4.95. The number of hydrogen-bond acceptors (Lipinski definition) is 10. The third-order valence-electron chi connectivity index (χ3n) is 6.27. The van der Waals surface area contributed by atoms with E-state index in [-0.39, 0.29) is 18.2 Å². The fourth-order valence-electron chi connectivity index (χ4n) is 4.34. The molecule has 1 saturated heterocycles. The fourth-order valence-corrected chi connectivity index (χ4v) is 4.34. The summed E-state index contributed by atoms with van der Waals surface area (Å²) in [5, 5.41) is 9.39. The van der Waals surface area contributed by atoms with Gasteiger partial charge in [-0.15, -0.1) is 0 Å². The van der Waals surface area contributed by atoms with Gasteiger partial charge in [0.25, 0.3) is 0 Å². The number of morpholine rings is 1. The van der Waals surface area contributed by atoms with Crippen molar-refractivity contribution in [3.63, 3.8) is 0 Å². The molecule has 1 aliphatic carbocycles. The first-order chi connectivity index (χ1) is 16.2. The van der Waals surface area contributed by atoms with E-state index in [4.69, 9.17) is 14.5 Å². The Bertz CT molecular complexity index is 1210. The summed E-state index contributed by atoms with van der Waals surface area (Å²) in [6, 6.07) is 3.57. The molecule has 12 nitrogen and oxygen atoms in total. The lowest BCUT2D eigenvalue weighted by Gasteiger charge is -2.36. The largest absolute Gasteiger partial charge is 0.378 e. The highest BCUT2D eigenvalue weighted by molar-refractivity contribution is 5.92. The normalized spacial score (nSPS) is 22.7. The molecule has 1 amide bonds. The van der Waals surface area contributed by atoms with E-state index < -0.39 is 0 Å². The molecular weight excluding hydrogens is 426 g/mol. The Labute approximate surface area is 189 Å². The molecule has 172 valence electrons. The molecule has 3 aliphatic rings. The van der Waals surface area contributed by atoms with E-state index >= 15 is 0 Å². The topological polar surface area (TPSA) is 131 Å². The molecule has 4 bridgehead atoms. The van der Waals surface area contributed by atoms with Crippen molar-refractivity contribution in [1.82, 2.24) is 29.8 Å². The Balaban J connectivity index is 1.45. The van der Waals surface area contributed by atoms with Crippen LogP contribution < -0.4 is 20.9 Å². The summed E-state index contributed by atoms with van der Waals surface area (Å²) in [6.07, 6.45) is 3.16. The van der Waals surface area contributed by atoms with Crippen molar-refractivity contribution in [2.75, 3.05) is 48.9 Å². The number of ether oxygens (including phenoxy) is 2. The van der Waals surface area contributed by atoms with Crippen LogP contribution >= 0.6 is 0 Å². The molecule has 33 heavy (non-hydrogen) atoms. The van der Waals surface area contributed by atoms with Gasteiger partial charge in [0, 0.05) is 31.9 Å². The minimum absolute atomic E-state index is 0.0602. The van der Waals surface area contributed by atoms with Crippen LogP contribution in [-0.4, -0.2) is 76.0 Å². The van der Waals surface area contributed by atoms with Crippen LogP contribution in [0.1, 0.15) is 18.5 Å². The fraction of sp³-hybridized carbons (Fsp3) is 0.476. The molecule has 3 N–H and O–H groups in total. The number of carbonyl (C=O) groups excluding carboxylic acids is 1. The lowest BCUT2D eigenvalue weighted by Crippen LogP contribution is -2.52. The Morgan fingerprint density at radius 3 is 2.82 bits per heavy atom. The zero-order valence-electron chi connectivity index (χ0n) is 18.2. The molecule has 0 radical (unpaired) electrons. The zero-order chi connectivity index (χ0) is 22.4. The number of pyridine rings is 1. The van der Waals surface area contributed by atoms with E-state index in [1.54, 1.807) is 7.05 Å². The summed E-state index contributed by atoms with van der Waals surface area (Å²) in [4.78, 5) is 33.5. The third kappa shape index (κ3) is 3.70. The van der Waals surface area contributed by atoms with Crippen LogP contribution in [0.4, 0.5) is 28.1 Å². The predicted octanol–water partition coefficient (Wildman–Crippen LogP) is 1.46. The molecule has 3 aromatic rings. The molecule has 6 rings (SSSR count). The van der Waals surface area contributed by atoms with Crippen LogP contribution in [0.15, 0.2) is 18.5 Å². The van der Waals surface area contributed by atoms with Crippen LogP contribution in [0.5, 0.6) is 0 Å². The molecule has 0 spiro atoms. The van der Waals surface area contributed by atoms with Crippen LogP contribution in [0.25, 0.3) is 11.2 Å². The summed E-state index contributed by atoms with van der Waals surface area (Å²) in [6.45, 7) is 3.24. The van der Waals surface area contributed by atoms with E-state index in [1.165, 1.54) is 10.9 Å². The molecule has 3 aromatic heterocycles. The van der Waals surface area contributed by atoms with Crippen molar-refractivity contribution in [3.8, 4) is 0 Å². The number of imidazole rings is 1. The Morgan fingerprint density at radius 2 is 2.03 bits per heavy atom. The number of rotatable bonds is 2. The molecule has 1 saturated carbocycles. The molecule has 2 atom stereocenters. The third-order valence-corrected chi connectivity index (χ3v) is 6.27. The van der Waals surface area contributed by atoms with Crippen molar-refractivity contribution < 1.29 is 14.3 Å². The van der Waals surface area contributed by atoms with Gasteiger partial charge in [-0.05, 0) is 18.9 Å². The first-order valence-corrected chi connectivity index (χ1v) is 11.1. The van der Waals surface area contributed by atoms with Crippen molar-refractivity contribution in [1.29, 1.82) is 0 Å². The smallest absolute Gasteiger partial charge is 0.328 e. The van der Waals surface area contributed by atoms with E-state index in [0.717, 1.165) is 43.1 Å². The summed E-state index contributed by atoms with van der Waals surface area (Å²) in [7, 11) is 1.76. The number of nitrogens with one attached hydrogen (secondary N) is 3.